The Bertz CT molecular complexity index is 592. The van der Waals surface area contributed by atoms with Gasteiger partial charge in [0.2, 0.25) is 0 Å². The van der Waals surface area contributed by atoms with Gasteiger partial charge >= 0.3 is 0 Å². The molecule has 0 bridgehead atoms. The van der Waals surface area contributed by atoms with Gasteiger partial charge in [0.05, 0.1) is 0 Å². The third-order valence-corrected chi connectivity index (χ3v) is 4.54. The van der Waals surface area contributed by atoms with E-state index in [9.17, 15) is 8.78 Å². The number of hydrogen-bond donors (Lipinski definition) is 1. The zero-order valence-electron chi connectivity index (χ0n) is 12.0. The smallest absolute Gasteiger partial charge is 0.159 e. The minimum atomic E-state index is -0.795. The van der Waals surface area contributed by atoms with Gasteiger partial charge in [0, 0.05) is 15.8 Å². The second kappa shape index (κ2) is 6.46. The minimum Gasteiger partial charge on any atom is -0.309 e. The molecule has 0 aliphatic heterocycles. The number of halogens is 2. The Balaban J connectivity index is 2.25. The average molecular weight is 295 g/mol. The fourth-order valence-corrected chi connectivity index (χ4v) is 3.52. The highest BCUT2D eigenvalue weighted by atomic mass is 32.1. The largest absolute Gasteiger partial charge is 0.309 e. The Labute approximate surface area is 122 Å². The molecular formula is C16H19F2NS. The van der Waals surface area contributed by atoms with Crippen LogP contribution in [0.2, 0.25) is 0 Å². The Morgan fingerprint density at radius 3 is 2.45 bits per heavy atom. The molecule has 0 aliphatic rings. The van der Waals surface area contributed by atoms with E-state index in [0.717, 1.165) is 12.1 Å². The fraction of sp³-hybridized carbons (Fsp3) is 0.375. The van der Waals surface area contributed by atoms with Gasteiger partial charge in [-0.1, -0.05) is 13.0 Å². The normalized spacial score (nSPS) is 12.7. The van der Waals surface area contributed by atoms with Crippen LogP contribution in [0.4, 0.5) is 8.78 Å². The van der Waals surface area contributed by atoms with E-state index in [0.29, 0.717) is 6.42 Å². The highest BCUT2D eigenvalue weighted by Crippen LogP contribution is 2.30. The predicted octanol–water partition coefficient (Wildman–Crippen LogP) is 4.54. The second-order valence-corrected chi connectivity index (χ2v) is 6.26. The summed E-state index contributed by atoms with van der Waals surface area (Å²) in [5, 5.41) is 3.43. The summed E-state index contributed by atoms with van der Waals surface area (Å²) in [6.45, 7) is 7.06. The van der Waals surface area contributed by atoms with Crippen molar-refractivity contribution >= 4 is 11.3 Å². The maximum Gasteiger partial charge on any atom is 0.159 e. The molecule has 2 aromatic rings. The summed E-state index contributed by atoms with van der Waals surface area (Å²) >= 11 is 1.76. The second-order valence-electron chi connectivity index (χ2n) is 4.97. The maximum absolute atomic E-state index is 13.3. The van der Waals surface area contributed by atoms with Crippen molar-refractivity contribution in [1.82, 2.24) is 5.32 Å². The molecule has 1 heterocycles. The van der Waals surface area contributed by atoms with Crippen molar-refractivity contribution in [2.75, 3.05) is 6.54 Å². The summed E-state index contributed by atoms with van der Waals surface area (Å²) in [7, 11) is 0. The predicted molar refractivity (Wildman–Crippen MR) is 80.3 cm³/mol. The van der Waals surface area contributed by atoms with Gasteiger partial charge in [0.1, 0.15) is 0 Å². The molecule has 108 valence electrons. The van der Waals surface area contributed by atoms with Gasteiger partial charge in [-0.3, -0.25) is 0 Å². The molecule has 0 amide bonds. The van der Waals surface area contributed by atoms with E-state index in [1.54, 1.807) is 17.4 Å². The van der Waals surface area contributed by atoms with Crippen LogP contribution in [-0.2, 0) is 6.42 Å². The van der Waals surface area contributed by atoms with Crippen LogP contribution in [0.25, 0.3) is 0 Å². The first-order valence-electron chi connectivity index (χ1n) is 6.75. The summed E-state index contributed by atoms with van der Waals surface area (Å²) in [6, 6.07) is 6.44. The zero-order chi connectivity index (χ0) is 14.7. The highest BCUT2D eigenvalue weighted by Gasteiger charge is 2.17. The SMILES string of the molecule is CCNC(Cc1ccc(F)c(F)c1)c1sc(C)cc1C. The van der Waals surface area contributed by atoms with E-state index >= 15 is 0 Å². The molecule has 0 radical (unpaired) electrons. The molecule has 1 aromatic heterocycles. The van der Waals surface area contributed by atoms with E-state index < -0.39 is 11.6 Å². The standard InChI is InChI=1S/C16H19F2NS/c1-4-19-15(16-10(2)7-11(3)20-16)9-12-5-6-13(17)14(18)8-12/h5-8,15,19H,4,9H2,1-3H3. The molecule has 4 heteroatoms. The van der Waals surface area contributed by atoms with Gasteiger partial charge in [0.15, 0.2) is 11.6 Å². The molecule has 0 aliphatic carbocycles. The Morgan fingerprint density at radius 1 is 1.15 bits per heavy atom. The number of likely N-dealkylation sites (N-methyl/N-ethyl adjacent to an activating group) is 1. The molecule has 0 saturated heterocycles. The van der Waals surface area contributed by atoms with Crippen LogP contribution in [-0.4, -0.2) is 6.54 Å². The van der Waals surface area contributed by atoms with Gasteiger partial charge in [-0.15, -0.1) is 11.3 Å². The van der Waals surface area contributed by atoms with E-state index in [1.807, 2.05) is 6.92 Å². The van der Waals surface area contributed by atoms with Crippen molar-refractivity contribution in [2.24, 2.45) is 0 Å². The minimum absolute atomic E-state index is 0.142. The van der Waals surface area contributed by atoms with Crippen LogP contribution < -0.4 is 5.32 Å². The quantitative estimate of drug-likeness (QED) is 0.854. The molecule has 1 atom stereocenters. The van der Waals surface area contributed by atoms with E-state index in [4.69, 9.17) is 0 Å². The first kappa shape index (κ1) is 15.1. The van der Waals surface area contributed by atoms with Gasteiger partial charge in [-0.05, 0) is 56.1 Å². The van der Waals surface area contributed by atoms with Crippen molar-refractivity contribution in [2.45, 2.75) is 33.2 Å². The highest BCUT2D eigenvalue weighted by molar-refractivity contribution is 7.12. The lowest BCUT2D eigenvalue weighted by atomic mass is 10.0. The van der Waals surface area contributed by atoms with Crippen LogP contribution in [0.3, 0.4) is 0 Å². The molecule has 1 N–H and O–H groups in total. The fourth-order valence-electron chi connectivity index (χ4n) is 2.41. The number of benzene rings is 1. The number of hydrogen-bond acceptors (Lipinski definition) is 2. The molecular weight excluding hydrogens is 276 g/mol. The molecule has 20 heavy (non-hydrogen) atoms. The molecule has 0 fully saturated rings. The van der Waals surface area contributed by atoms with E-state index in [1.165, 1.54) is 27.5 Å². The molecule has 0 spiro atoms. The molecule has 1 nitrogen and oxygen atoms in total. The lowest BCUT2D eigenvalue weighted by molar-refractivity contribution is 0.503. The van der Waals surface area contributed by atoms with Crippen LogP contribution >= 0.6 is 11.3 Å². The number of aryl methyl sites for hydroxylation is 2. The summed E-state index contributed by atoms with van der Waals surface area (Å²) in [5.74, 6) is -1.58. The van der Waals surface area contributed by atoms with Crippen molar-refractivity contribution in [3.8, 4) is 0 Å². The van der Waals surface area contributed by atoms with Crippen LogP contribution in [0.1, 0.15) is 33.8 Å². The molecule has 1 aromatic carbocycles. The third-order valence-electron chi connectivity index (χ3n) is 3.27. The summed E-state index contributed by atoms with van der Waals surface area (Å²) in [6.07, 6.45) is 0.659. The number of rotatable bonds is 5. The van der Waals surface area contributed by atoms with Crippen LogP contribution in [0, 0.1) is 25.5 Å². The number of nitrogens with one attached hydrogen (secondary N) is 1. The van der Waals surface area contributed by atoms with Gasteiger partial charge in [-0.2, -0.15) is 0 Å². The Morgan fingerprint density at radius 2 is 1.90 bits per heavy atom. The summed E-state index contributed by atoms with van der Waals surface area (Å²) in [5.41, 5.74) is 2.06. The maximum atomic E-state index is 13.3. The third kappa shape index (κ3) is 3.44. The van der Waals surface area contributed by atoms with Crippen molar-refractivity contribution < 1.29 is 8.78 Å². The first-order valence-corrected chi connectivity index (χ1v) is 7.57. The topological polar surface area (TPSA) is 12.0 Å². The molecule has 0 saturated carbocycles. The lowest BCUT2D eigenvalue weighted by Crippen LogP contribution is -2.22. The average Bonchev–Trinajstić information content (AvgIpc) is 2.72. The van der Waals surface area contributed by atoms with E-state index in [-0.39, 0.29) is 6.04 Å². The summed E-state index contributed by atoms with van der Waals surface area (Å²) < 4.78 is 26.3. The monoisotopic (exact) mass is 295 g/mol. The van der Waals surface area contributed by atoms with Gasteiger partial charge < -0.3 is 5.32 Å². The summed E-state index contributed by atoms with van der Waals surface area (Å²) in [4.78, 5) is 2.54. The van der Waals surface area contributed by atoms with E-state index in [2.05, 4.69) is 25.2 Å². The van der Waals surface area contributed by atoms with Crippen LogP contribution in [0.15, 0.2) is 24.3 Å². The van der Waals surface area contributed by atoms with Gasteiger partial charge in [0.25, 0.3) is 0 Å². The Hall–Kier alpha value is -1.26. The Kier molecular flexibility index (Phi) is 4.89. The van der Waals surface area contributed by atoms with Crippen molar-refractivity contribution in [3.63, 3.8) is 0 Å². The van der Waals surface area contributed by atoms with Crippen molar-refractivity contribution in [1.29, 1.82) is 0 Å². The zero-order valence-corrected chi connectivity index (χ0v) is 12.8. The first-order chi connectivity index (χ1) is 9.51. The lowest BCUT2D eigenvalue weighted by Gasteiger charge is -2.18. The number of thiophene rings is 1. The van der Waals surface area contributed by atoms with Crippen LogP contribution in [0.5, 0.6) is 0 Å². The van der Waals surface area contributed by atoms with Gasteiger partial charge in [-0.25, -0.2) is 8.78 Å². The molecule has 2 rings (SSSR count). The molecule has 1 unspecified atom stereocenters. The van der Waals surface area contributed by atoms with Crippen molar-refractivity contribution in [3.05, 3.63) is 56.8 Å².